The van der Waals surface area contributed by atoms with E-state index in [1.54, 1.807) is 0 Å². The average Bonchev–Trinajstić information content (AvgIpc) is 2.45. The molecule has 2 N–H and O–H groups in total. The lowest BCUT2D eigenvalue weighted by Gasteiger charge is -2.18. The van der Waals surface area contributed by atoms with Gasteiger partial charge in [-0.25, -0.2) is 13.1 Å². The third kappa shape index (κ3) is 7.76. The van der Waals surface area contributed by atoms with Crippen molar-refractivity contribution in [3.8, 4) is 6.07 Å². The fourth-order valence-corrected chi connectivity index (χ4v) is 3.40. The highest BCUT2D eigenvalue weighted by Crippen LogP contribution is 2.10. The molecule has 0 bridgehead atoms. The molecule has 1 unspecified atom stereocenters. The quantitative estimate of drug-likeness (QED) is 0.637. The highest BCUT2D eigenvalue weighted by atomic mass is 32.2. The number of hydrogen-bond acceptors (Lipinski definition) is 4. The Morgan fingerprint density at radius 2 is 2.00 bits per heavy atom. The standard InChI is InChI=1S/C15H20N2O4S/c16-10-4-5-11-22(20,21)17-14(8-9-15(18)19)12-13-6-2-1-3-7-13/h1-3,6-7,14,17H,4-5,8-9,11-12H2,(H,18,19). The van der Waals surface area contributed by atoms with Crippen LogP contribution < -0.4 is 4.72 Å². The summed E-state index contributed by atoms with van der Waals surface area (Å²) in [6.45, 7) is 0. The summed E-state index contributed by atoms with van der Waals surface area (Å²) in [5, 5.41) is 17.2. The number of aliphatic carboxylic acids is 1. The molecule has 0 saturated carbocycles. The third-order valence-electron chi connectivity index (χ3n) is 3.08. The van der Waals surface area contributed by atoms with Crippen LogP contribution in [0.25, 0.3) is 0 Å². The topological polar surface area (TPSA) is 107 Å². The zero-order chi connectivity index (χ0) is 16.4. The minimum atomic E-state index is -3.52. The summed E-state index contributed by atoms with van der Waals surface area (Å²) in [4.78, 5) is 10.7. The van der Waals surface area contributed by atoms with Crippen LogP contribution in [-0.2, 0) is 21.2 Å². The van der Waals surface area contributed by atoms with Crippen molar-refractivity contribution in [2.75, 3.05) is 5.75 Å². The molecular formula is C15H20N2O4S. The van der Waals surface area contributed by atoms with Gasteiger partial charge in [0.1, 0.15) is 0 Å². The summed E-state index contributed by atoms with van der Waals surface area (Å²) in [6.07, 6.45) is 1.01. The van der Waals surface area contributed by atoms with Crippen molar-refractivity contribution < 1.29 is 18.3 Å². The summed E-state index contributed by atoms with van der Waals surface area (Å²) in [5.41, 5.74) is 0.942. The molecule has 0 aliphatic heterocycles. The lowest BCUT2D eigenvalue weighted by Crippen LogP contribution is -2.38. The zero-order valence-corrected chi connectivity index (χ0v) is 13.1. The Morgan fingerprint density at radius 1 is 1.32 bits per heavy atom. The maximum atomic E-state index is 12.0. The van der Waals surface area contributed by atoms with Gasteiger partial charge in [-0.3, -0.25) is 4.79 Å². The summed E-state index contributed by atoms with van der Waals surface area (Å²) < 4.78 is 26.5. The van der Waals surface area contributed by atoms with E-state index in [0.717, 1.165) is 5.56 Å². The fraction of sp³-hybridized carbons (Fsp3) is 0.467. The molecule has 6 nitrogen and oxygen atoms in total. The van der Waals surface area contributed by atoms with Gasteiger partial charge in [-0.15, -0.1) is 0 Å². The molecule has 120 valence electrons. The first-order chi connectivity index (χ1) is 10.4. The monoisotopic (exact) mass is 324 g/mol. The Balaban J connectivity index is 2.68. The second kappa shape index (κ2) is 9.18. The predicted octanol–water partition coefficient (Wildman–Crippen LogP) is 1.69. The van der Waals surface area contributed by atoms with Crippen LogP contribution in [0.4, 0.5) is 0 Å². The Kier molecular flexibility index (Phi) is 7.57. The molecule has 7 heteroatoms. The Morgan fingerprint density at radius 3 is 2.59 bits per heavy atom. The molecule has 0 fully saturated rings. The number of carboxylic acids is 1. The van der Waals surface area contributed by atoms with E-state index in [1.807, 2.05) is 36.4 Å². The van der Waals surface area contributed by atoms with Crippen LogP contribution in [0, 0.1) is 11.3 Å². The molecule has 0 amide bonds. The largest absolute Gasteiger partial charge is 0.481 e. The molecule has 0 aliphatic carbocycles. The second-order valence-electron chi connectivity index (χ2n) is 5.02. The smallest absolute Gasteiger partial charge is 0.303 e. The van der Waals surface area contributed by atoms with Crippen molar-refractivity contribution in [3.05, 3.63) is 35.9 Å². The van der Waals surface area contributed by atoms with Crippen LogP contribution in [0.5, 0.6) is 0 Å². The van der Waals surface area contributed by atoms with E-state index < -0.39 is 22.0 Å². The SMILES string of the molecule is N#CCCCS(=O)(=O)NC(CCC(=O)O)Cc1ccccc1. The normalized spacial score (nSPS) is 12.5. The van der Waals surface area contributed by atoms with Gasteiger partial charge in [0.05, 0.1) is 11.8 Å². The van der Waals surface area contributed by atoms with E-state index in [9.17, 15) is 13.2 Å². The first-order valence-corrected chi connectivity index (χ1v) is 8.71. The van der Waals surface area contributed by atoms with Gasteiger partial charge >= 0.3 is 5.97 Å². The van der Waals surface area contributed by atoms with Crippen LogP contribution in [0.2, 0.25) is 0 Å². The van der Waals surface area contributed by atoms with Crippen molar-refractivity contribution in [1.82, 2.24) is 4.72 Å². The Bertz CT molecular complexity index is 608. The number of carbonyl (C=O) groups is 1. The maximum absolute atomic E-state index is 12.0. The first kappa shape index (κ1) is 18.1. The number of unbranched alkanes of at least 4 members (excludes halogenated alkanes) is 1. The zero-order valence-electron chi connectivity index (χ0n) is 12.2. The highest BCUT2D eigenvalue weighted by Gasteiger charge is 2.19. The molecule has 0 spiro atoms. The molecule has 22 heavy (non-hydrogen) atoms. The third-order valence-corrected chi connectivity index (χ3v) is 4.60. The maximum Gasteiger partial charge on any atom is 0.303 e. The van der Waals surface area contributed by atoms with Crippen molar-refractivity contribution in [2.24, 2.45) is 0 Å². The van der Waals surface area contributed by atoms with Gasteiger partial charge in [-0.2, -0.15) is 5.26 Å². The molecule has 1 aromatic rings. The average molecular weight is 324 g/mol. The van der Waals surface area contributed by atoms with Gasteiger partial charge in [0.25, 0.3) is 0 Å². The Labute approximate surface area is 130 Å². The summed E-state index contributed by atoms with van der Waals surface area (Å²) in [6, 6.07) is 10.7. The molecule has 1 rings (SSSR count). The van der Waals surface area contributed by atoms with Gasteiger partial charge in [0, 0.05) is 18.9 Å². The van der Waals surface area contributed by atoms with E-state index in [1.165, 1.54) is 0 Å². The van der Waals surface area contributed by atoms with Crippen LogP contribution in [0.3, 0.4) is 0 Å². The van der Waals surface area contributed by atoms with Gasteiger partial charge in [-0.05, 0) is 24.8 Å². The van der Waals surface area contributed by atoms with E-state index in [2.05, 4.69) is 4.72 Å². The van der Waals surface area contributed by atoms with Gasteiger partial charge in [-0.1, -0.05) is 30.3 Å². The summed E-state index contributed by atoms with van der Waals surface area (Å²) >= 11 is 0. The number of benzene rings is 1. The predicted molar refractivity (Wildman–Crippen MR) is 82.6 cm³/mol. The van der Waals surface area contributed by atoms with Crippen molar-refractivity contribution in [3.63, 3.8) is 0 Å². The number of nitrogens with zero attached hydrogens (tertiary/aromatic N) is 1. The number of carboxylic acid groups (broad SMARTS) is 1. The van der Waals surface area contributed by atoms with E-state index >= 15 is 0 Å². The van der Waals surface area contributed by atoms with Crippen molar-refractivity contribution in [1.29, 1.82) is 5.26 Å². The fourth-order valence-electron chi connectivity index (χ4n) is 2.05. The van der Waals surface area contributed by atoms with Crippen LogP contribution in [0.15, 0.2) is 30.3 Å². The van der Waals surface area contributed by atoms with Gasteiger partial charge in [0.15, 0.2) is 0 Å². The minimum Gasteiger partial charge on any atom is -0.481 e. The molecule has 0 radical (unpaired) electrons. The molecule has 0 aromatic heterocycles. The molecule has 0 heterocycles. The number of nitrogens with one attached hydrogen (secondary N) is 1. The molecule has 0 saturated heterocycles. The summed E-state index contributed by atoms with van der Waals surface area (Å²) in [7, 11) is -3.52. The van der Waals surface area contributed by atoms with Crippen molar-refractivity contribution >= 4 is 16.0 Å². The van der Waals surface area contributed by atoms with E-state index in [-0.39, 0.29) is 31.4 Å². The lowest BCUT2D eigenvalue weighted by molar-refractivity contribution is -0.137. The lowest BCUT2D eigenvalue weighted by atomic mass is 10.0. The second-order valence-corrected chi connectivity index (χ2v) is 6.89. The number of nitriles is 1. The van der Waals surface area contributed by atoms with Crippen LogP contribution in [0.1, 0.15) is 31.2 Å². The number of hydrogen-bond donors (Lipinski definition) is 2. The van der Waals surface area contributed by atoms with Crippen LogP contribution in [-0.4, -0.2) is 31.3 Å². The molecule has 0 aliphatic rings. The molecule has 1 aromatic carbocycles. The highest BCUT2D eigenvalue weighted by molar-refractivity contribution is 7.89. The van der Waals surface area contributed by atoms with Gasteiger partial charge in [0.2, 0.25) is 10.0 Å². The summed E-state index contributed by atoms with van der Waals surface area (Å²) in [5.74, 6) is -1.08. The number of rotatable bonds is 10. The first-order valence-electron chi connectivity index (χ1n) is 7.05. The van der Waals surface area contributed by atoms with Crippen molar-refractivity contribution in [2.45, 2.75) is 38.1 Å². The molecular weight excluding hydrogens is 304 g/mol. The number of sulfonamides is 1. The van der Waals surface area contributed by atoms with Crippen LogP contribution >= 0.6 is 0 Å². The van der Waals surface area contributed by atoms with Gasteiger partial charge < -0.3 is 5.11 Å². The molecule has 1 atom stereocenters. The van der Waals surface area contributed by atoms with E-state index in [0.29, 0.717) is 6.42 Å². The van der Waals surface area contributed by atoms with E-state index in [4.69, 9.17) is 10.4 Å². The Hall–Kier alpha value is -1.91. The minimum absolute atomic E-state index is 0.0990.